The van der Waals surface area contributed by atoms with Crippen molar-refractivity contribution < 1.29 is 15.0 Å². The number of aliphatic hydroxyl groups excluding tert-OH is 1. The Morgan fingerprint density at radius 2 is 2.06 bits per heavy atom. The van der Waals surface area contributed by atoms with E-state index in [-0.39, 0.29) is 6.42 Å². The van der Waals surface area contributed by atoms with Crippen LogP contribution in [0.25, 0.3) is 0 Å². The summed E-state index contributed by atoms with van der Waals surface area (Å²) in [5, 5.41) is 18.0. The van der Waals surface area contributed by atoms with Crippen molar-refractivity contribution in [3.63, 3.8) is 0 Å². The number of hydrogen-bond acceptors (Lipinski definition) is 2. The Hall–Kier alpha value is -1.27. The highest BCUT2D eigenvalue weighted by atomic mass is 16.4. The maximum absolute atomic E-state index is 10.2. The Balaban J connectivity index is 3.53. The first-order valence-electron chi connectivity index (χ1n) is 6.71. The first kappa shape index (κ1) is 16.7. The number of unbranched alkanes of at least 4 members (excludes halogenated alkanes) is 4. The van der Waals surface area contributed by atoms with Gasteiger partial charge in [-0.3, -0.25) is 4.79 Å². The largest absolute Gasteiger partial charge is 0.481 e. The van der Waals surface area contributed by atoms with Crippen LogP contribution in [0, 0.1) is 11.8 Å². The first-order chi connectivity index (χ1) is 8.66. The van der Waals surface area contributed by atoms with Crippen molar-refractivity contribution in [1.82, 2.24) is 0 Å². The molecule has 0 fully saturated rings. The molecule has 0 heterocycles. The lowest BCUT2D eigenvalue weighted by atomic mass is 10.1. The number of aliphatic hydroxyl groups is 1. The van der Waals surface area contributed by atoms with Crippen molar-refractivity contribution in [2.24, 2.45) is 0 Å². The molecule has 0 amide bonds. The van der Waals surface area contributed by atoms with Crippen molar-refractivity contribution in [2.75, 3.05) is 0 Å². The molecule has 0 radical (unpaired) electrons. The van der Waals surface area contributed by atoms with Crippen LogP contribution in [0.5, 0.6) is 0 Å². The van der Waals surface area contributed by atoms with Gasteiger partial charge < -0.3 is 10.2 Å². The molecule has 102 valence electrons. The van der Waals surface area contributed by atoms with Crippen LogP contribution < -0.4 is 0 Å². The van der Waals surface area contributed by atoms with Crippen LogP contribution in [0.2, 0.25) is 0 Å². The highest BCUT2D eigenvalue weighted by Gasteiger charge is 1.96. The van der Waals surface area contributed by atoms with Crippen molar-refractivity contribution in [3.8, 4) is 11.8 Å². The summed E-state index contributed by atoms with van der Waals surface area (Å²) in [6.07, 6.45) is 9.59. The van der Waals surface area contributed by atoms with E-state index in [4.69, 9.17) is 5.11 Å². The van der Waals surface area contributed by atoms with Crippen LogP contribution in [0.4, 0.5) is 0 Å². The van der Waals surface area contributed by atoms with Gasteiger partial charge in [0.1, 0.15) is 0 Å². The van der Waals surface area contributed by atoms with Crippen LogP contribution in [0.3, 0.4) is 0 Å². The molecule has 0 aromatic carbocycles. The van der Waals surface area contributed by atoms with Gasteiger partial charge in [-0.05, 0) is 31.4 Å². The second-order valence-electron chi connectivity index (χ2n) is 4.34. The van der Waals surface area contributed by atoms with E-state index in [1.165, 1.54) is 0 Å². The van der Waals surface area contributed by atoms with Crippen LogP contribution in [0.1, 0.15) is 58.3 Å². The molecule has 2 N–H and O–H groups in total. The van der Waals surface area contributed by atoms with E-state index in [1.807, 2.05) is 0 Å². The Labute approximate surface area is 110 Å². The van der Waals surface area contributed by atoms with Crippen molar-refractivity contribution in [3.05, 3.63) is 12.2 Å². The molecule has 0 aliphatic carbocycles. The van der Waals surface area contributed by atoms with Gasteiger partial charge in [0.05, 0.1) is 6.10 Å². The molecule has 0 saturated heterocycles. The van der Waals surface area contributed by atoms with Crippen LogP contribution in [-0.4, -0.2) is 22.3 Å². The lowest BCUT2D eigenvalue weighted by molar-refractivity contribution is -0.137. The standard InChI is InChI=1S/C15H24O3/c1-2-3-8-11-14(16)12-9-6-4-5-7-10-13-15(17)18/h9,12,14,16H,2-3,5,7-8,10-11,13H2,1H3,(H,17,18)/b12-9+/t14-/m1/s1. The summed E-state index contributed by atoms with van der Waals surface area (Å²) < 4.78 is 0. The number of rotatable bonds is 9. The van der Waals surface area contributed by atoms with Gasteiger partial charge in [-0.15, -0.1) is 0 Å². The molecule has 18 heavy (non-hydrogen) atoms. The third-order valence-electron chi connectivity index (χ3n) is 2.55. The zero-order valence-electron chi connectivity index (χ0n) is 11.2. The number of aliphatic carboxylic acids is 1. The normalized spacial score (nSPS) is 12.1. The smallest absolute Gasteiger partial charge is 0.303 e. The molecule has 0 aliphatic rings. The molecule has 0 spiro atoms. The molecule has 3 nitrogen and oxygen atoms in total. The molecular formula is C15H24O3. The van der Waals surface area contributed by atoms with Gasteiger partial charge >= 0.3 is 5.97 Å². The highest BCUT2D eigenvalue weighted by Crippen LogP contribution is 2.04. The number of allylic oxidation sites excluding steroid dienone is 1. The molecule has 1 atom stereocenters. The fraction of sp³-hybridized carbons (Fsp3) is 0.667. The second kappa shape index (κ2) is 12.2. The van der Waals surface area contributed by atoms with E-state index in [9.17, 15) is 9.90 Å². The van der Waals surface area contributed by atoms with Crippen LogP contribution in [0.15, 0.2) is 12.2 Å². The fourth-order valence-corrected chi connectivity index (χ4v) is 1.48. The number of carboxylic acids is 1. The van der Waals surface area contributed by atoms with Crippen molar-refractivity contribution in [1.29, 1.82) is 0 Å². The first-order valence-corrected chi connectivity index (χ1v) is 6.71. The highest BCUT2D eigenvalue weighted by molar-refractivity contribution is 5.66. The zero-order chi connectivity index (χ0) is 13.6. The summed E-state index contributed by atoms with van der Waals surface area (Å²) in [6, 6.07) is 0. The zero-order valence-corrected chi connectivity index (χ0v) is 11.2. The Bertz CT molecular complexity index is 297. The molecule has 0 unspecified atom stereocenters. The van der Waals surface area contributed by atoms with Gasteiger partial charge in [-0.1, -0.05) is 38.0 Å². The Kier molecular flexibility index (Phi) is 11.3. The number of hydrogen-bond donors (Lipinski definition) is 2. The molecular weight excluding hydrogens is 228 g/mol. The molecule has 0 rings (SSSR count). The SMILES string of the molecule is CCCCC[C@@H](O)/C=C/C#CCCCCC(=O)O. The van der Waals surface area contributed by atoms with E-state index in [0.29, 0.717) is 12.8 Å². The Morgan fingerprint density at radius 3 is 2.72 bits per heavy atom. The summed E-state index contributed by atoms with van der Waals surface area (Å²) in [6.45, 7) is 2.14. The molecule has 0 saturated carbocycles. The molecule has 0 aromatic rings. The average Bonchev–Trinajstić information content (AvgIpc) is 2.32. The van der Waals surface area contributed by atoms with Crippen molar-refractivity contribution in [2.45, 2.75) is 64.4 Å². The van der Waals surface area contributed by atoms with E-state index in [1.54, 1.807) is 12.2 Å². The van der Waals surface area contributed by atoms with Gasteiger partial charge in [-0.2, -0.15) is 0 Å². The van der Waals surface area contributed by atoms with Gasteiger partial charge in [-0.25, -0.2) is 0 Å². The third kappa shape index (κ3) is 12.8. The van der Waals surface area contributed by atoms with Crippen molar-refractivity contribution >= 4 is 5.97 Å². The predicted octanol–water partition coefficient (Wildman–Crippen LogP) is 3.13. The van der Waals surface area contributed by atoms with E-state index in [0.717, 1.165) is 32.1 Å². The predicted molar refractivity (Wildman–Crippen MR) is 73.2 cm³/mol. The quantitative estimate of drug-likeness (QED) is 0.489. The summed E-state index contributed by atoms with van der Waals surface area (Å²) in [4.78, 5) is 10.2. The fourth-order valence-electron chi connectivity index (χ4n) is 1.48. The topological polar surface area (TPSA) is 57.5 Å². The van der Waals surface area contributed by atoms with Gasteiger partial charge in [0, 0.05) is 12.8 Å². The summed E-state index contributed by atoms with van der Waals surface area (Å²) >= 11 is 0. The minimum absolute atomic E-state index is 0.216. The second-order valence-corrected chi connectivity index (χ2v) is 4.34. The Morgan fingerprint density at radius 1 is 1.28 bits per heavy atom. The molecule has 3 heteroatoms. The van der Waals surface area contributed by atoms with Crippen LogP contribution >= 0.6 is 0 Å². The van der Waals surface area contributed by atoms with Gasteiger partial charge in [0.25, 0.3) is 0 Å². The summed E-state index contributed by atoms with van der Waals surface area (Å²) in [5.41, 5.74) is 0. The maximum Gasteiger partial charge on any atom is 0.303 e. The molecule has 0 aliphatic heterocycles. The maximum atomic E-state index is 10.2. The molecule has 0 bridgehead atoms. The van der Waals surface area contributed by atoms with Gasteiger partial charge in [0.15, 0.2) is 0 Å². The lowest BCUT2D eigenvalue weighted by Crippen LogP contribution is -2.00. The summed E-state index contributed by atoms with van der Waals surface area (Å²) in [7, 11) is 0. The van der Waals surface area contributed by atoms with Crippen LogP contribution in [-0.2, 0) is 4.79 Å². The minimum Gasteiger partial charge on any atom is -0.481 e. The average molecular weight is 252 g/mol. The van der Waals surface area contributed by atoms with Gasteiger partial charge in [0.2, 0.25) is 0 Å². The molecule has 0 aromatic heterocycles. The number of carboxylic acid groups (broad SMARTS) is 1. The monoisotopic (exact) mass is 252 g/mol. The summed E-state index contributed by atoms with van der Waals surface area (Å²) in [5.74, 6) is 5.05. The number of carbonyl (C=O) groups is 1. The van der Waals surface area contributed by atoms with E-state index >= 15 is 0 Å². The van der Waals surface area contributed by atoms with E-state index < -0.39 is 12.1 Å². The lowest BCUT2D eigenvalue weighted by Gasteiger charge is -2.02. The van der Waals surface area contributed by atoms with E-state index in [2.05, 4.69) is 18.8 Å². The minimum atomic E-state index is -0.752. The third-order valence-corrected chi connectivity index (χ3v) is 2.55.